The van der Waals surface area contributed by atoms with Crippen LogP contribution in [0.4, 0.5) is 0 Å². The summed E-state index contributed by atoms with van der Waals surface area (Å²) < 4.78 is 5.62. The van der Waals surface area contributed by atoms with Crippen molar-refractivity contribution in [3.63, 3.8) is 0 Å². The van der Waals surface area contributed by atoms with E-state index in [2.05, 4.69) is 5.32 Å². The van der Waals surface area contributed by atoms with Crippen molar-refractivity contribution >= 4 is 5.97 Å². The minimum absolute atomic E-state index is 0.233. The standard InChI is InChI=1S/C13H17NO3/c15-13(16)11-5-1-2-6-12(11)17-9-10-4-3-7-14-8-10/h1-2,5-6,10,14H,3-4,7-9H2,(H,15,16). The van der Waals surface area contributed by atoms with Crippen molar-refractivity contribution in [1.29, 1.82) is 0 Å². The minimum atomic E-state index is -0.942. The molecular weight excluding hydrogens is 218 g/mol. The lowest BCUT2D eigenvalue weighted by molar-refractivity contribution is 0.0691. The van der Waals surface area contributed by atoms with Crippen molar-refractivity contribution in [1.82, 2.24) is 5.32 Å². The Labute approximate surface area is 101 Å². The van der Waals surface area contributed by atoms with E-state index in [1.165, 1.54) is 0 Å². The monoisotopic (exact) mass is 235 g/mol. The average Bonchev–Trinajstić information content (AvgIpc) is 2.38. The lowest BCUT2D eigenvalue weighted by atomic mass is 10.0. The van der Waals surface area contributed by atoms with Gasteiger partial charge in [0.15, 0.2) is 0 Å². The fourth-order valence-corrected chi connectivity index (χ4v) is 2.04. The zero-order chi connectivity index (χ0) is 12.1. The fraction of sp³-hybridized carbons (Fsp3) is 0.462. The number of nitrogens with one attached hydrogen (secondary N) is 1. The zero-order valence-corrected chi connectivity index (χ0v) is 9.69. The number of rotatable bonds is 4. The maximum absolute atomic E-state index is 11.0. The number of carboxylic acid groups (broad SMARTS) is 1. The van der Waals surface area contributed by atoms with E-state index in [0.29, 0.717) is 18.3 Å². The molecule has 1 aliphatic rings. The van der Waals surface area contributed by atoms with Crippen LogP contribution in [0.3, 0.4) is 0 Å². The molecule has 1 aromatic carbocycles. The molecule has 1 heterocycles. The van der Waals surface area contributed by atoms with Crippen molar-refractivity contribution in [2.75, 3.05) is 19.7 Å². The highest BCUT2D eigenvalue weighted by atomic mass is 16.5. The van der Waals surface area contributed by atoms with Crippen molar-refractivity contribution in [2.24, 2.45) is 5.92 Å². The summed E-state index contributed by atoms with van der Waals surface area (Å²) in [5.41, 5.74) is 0.233. The Morgan fingerprint density at radius 1 is 1.47 bits per heavy atom. The van der Waals surface area contributed by atoms with E-state index in [0.717, 1.165) is 25.9 Å². The van der Waals surface area contributed by atoms with Crippen molar-refractivity contribution in [3.05, 3.63) is 29.8 Å². The summed E-state index contributed by atoms with van der Waals surface area (Å²) in [4.78, 5) is 11.0. The van der Waals surface area contributed by atoms with Crippen LogP contribution in [-0.4, -0.2) is 30.8 Å². The topological polar surface area (TPSA) is 58.6 Å². The molecule has 4 nitrogen and oxygen atoms in total. The predicted molar refractivity (Wildman–Crippen MR) is 64.5 cm³/mol. The third kappa shape index (κ3) is 3.20. The van der Waals surface area contributed by atoms with Crippen LogP contribution in [0.5, 0.6) is 5.75 Å². The van der Waals surface area contributed by atoms with Gasteiger partial charge in [0.05, 0.1) is 6.61 Å². The van der Waals surface area contributed by atoms with Gasteiger partial charge in [0, 0.05) is 12.5 Å². The largest absolute Gasteiger partial charge is 0.492 e. The molecule has 17 heavy (non-hydrogen) atoms. The van der Waals surface area contributed by atoms with E-state index in [-0.39, 0.29) is 5.56 Å². The number of hydrogen-bond donors (Lipinski definition) is 2. The second kappa shape index (κ2) is 5.68. The van der Waals surface area contributed by atoms with E-state index in [1.54, 1.807) is 24.3 Å². The number of piperidine rings is 1. The molecule has 0 saturated carbocycles. The quantitative estimate of drug-likeness (QED) is 0.835. The van der Waals surface area contributed by atoms with Crippen molar-refractivity contribution in [2.45, 2.75) is 12.8 Å². The van der Waals surface area contributed by atoms with Crippen LogP contribution < -0.4 is 10.1 Å². The summed E-state index contributed by atoms with van der Waals surface area (Å²) in [6.07, 6.45) is 2.30. The van der Waals surface area contributed by atoms with Crippen LogP contribution in [0.15, 0.2) is 24.3 Å². The van der Waals surface area contributed by atoms with Gasteiger partial charge in [-0.3, -0.25) is 0 Å². The second-order valence-electron chi connectivity index (χ2n) is 4.32. The molecular formula is C13H17NO3. The molecule has 1 aliphatic heterocycles. The van der Waals surface area contributed by atoms with Crippen molar-refractivity contribution < 1.29 is 14.6 Å². The van der Waals surface area contributed by atoms with Crippen LogP contribution in [-0.2, 0) is 0 Å². The van der Waals surface area contributed by atoms with Crippen LogP contribution in [0.1, 0.15) is 23.2 Å². The molecule has 1 aromatic rings. The van der Waals surface area contributed by atoms with E-state index < -0.39 is 5.97 Å². The second-order valence-corrected chi connectivity index (χ2v) is 4.32. The molecule has 2 rings (SSSR count). The van der Waals surface area contributed by atoms with Crippen LogP contribution in [0, 0.1) is 5.92 Å². The number of aromatic carboxylic acids is 1. The molecule has 92 valence electrons. The minimum Gasteiger partial charge on any atom is -0.492 e. The molecule has 1 unspecified atom stereocenters. The summed E-state index contributed by atoms with van der Waals surface area (Å²) in [7, 11) is 0. The van der Waals surface area contributed by atoms with Gasteiger partial charge in [-0.2, -0.15) is 0 Å². The van der Waals surface area contributed by atoms with Gasteiger partial charge in [-0.1, -0.05) is 12.1 Å². The van der Waals surface area contributed by atoms with Gasteiger partial charge in [-0.15, -0.1) is 0 Å². The van der Waals surface area contributed by atoms with E-state index in [9.17, 15) is 4.79 Å². The van der Waals surface area contributed by atoms with E-state index in [1.807, 2.05) is 0 Å². The summed E-state index contributed by atoms with van der Waals surface area (Å²) in [6, 6.07) is 6.77. The Balaban J connectivity index is 1.96. The van der Waals surface area contributed by atoms with E-state index in [4.69, 9.17) is 9.84 Å². The molecule has 0 amide bonds. The Kier molecular flexibility index (Phi) is 3.98. The van der Waals surface area contributed by atoms with Crippen LogP contribution in [0.25, 0.3) is 0 Å². The van der Waals surface area contributed by atoms with Gasteiger partial charge >= 0.3 is 5.97 Å². The third-order valence-corrected chi connectivity index (χ3v) is 2.99. The fourth-order valence-electron chi connectivity index (χ4n) is 2.04. The van der Waals surface area contributed by atoms with Gasteiger partial charge < -0.3 is 15.2 Å². The number of para-hydroxylation sites is 1. The maximum Gasteiger partial charge on any atom is 0.339 e. The lowest BCUT2D eigenvalue weighted by Crippen LogP contribution is -2.33. The summed E-state index contributed by atoms with van der Waals surface area (Å²) in [6.45, 7) is 2.61. The molecule has 0 spiro atoms. The number of carbonyl (C=O) groups is 1. The number of ether oxygens (including phenoxy) is 1. The first-order valence-electron chi connectivity index (χ1n) is 5.93. The highest BCUT2D eigenvalue weighted by molar-refractivity contribution is 5.90. The lowest BCUT2D eigenvalue weighted by Gasteiger charge is -2.23. The van der Waals surface area contributed by atoms with Gasteiger partial charge in [0.1, 0.15) is 11.3 Å². The first-order chi connectivity index (χ1) is 8.27. The van der Waals surface area contributed by atoms with Crippen LogP contribution in [0.2, 0.25) is 0 Å². The van der Waals surface area contributed by atoms with Gasteiger partial charge in [0.2, 0.25) is 0 Å². The van der Waals surface area contributed by atoms with Crippen LogP contribution >= 0.6 is 0 Å². The van der Waals surface area contributed by atoms with Gasteiger partial charge in [0.25, 0.3) is 0 Å². The molecule has 0 radical (unpaired) electrons. The number of benzene rings is 1. The first kappa shape index (κ1) is 11.9. The molecule has 4 heteroatoms. The summed E-state index contributed by atoms with van der Waals surface area (Å²) in [5, 5.41) is 12.3. The molecule has 1 fully saturated rings. The smallest absolute Gasteiger partial charge is 0.339 e. The van der Waals surface area contributed by atoms with Gasteiger partial charge in [-0.05, 0) is 31.5 Å². The SMILES string of the molecule is O=C(O)c1ccccc1OCC1CCCNC1. The maximum atomic E-state index is 11.0. The predicted octanol–water partition coefficient (Wildman–Crippen LogP) is 1.76. The number of hydrogen-bond acceptors (Lipinski definition) is 3. The van der Waals surface area contributed by atoms with E-state index >= 15 is 0 Å². The highest BCUT2D eigenvalue weighted by Gasteiger charge is 2.15. The number of carboxylic acids is 1. The summed E-state index contributed by atoms with van der Waals surface area (Å²) >= 11 is 0. The molecule has 0 aromatic heterocycles. The summed E-state index contributed by atoms with van der Waals surface area (Å²) in [5.74, 6) is -0.00135. The molecule has 2 N–H and O–H groups in total. The van der Waals surface area contributed by atoms with Gasteiger partial charge in [-0.25, -0.2) is 4.79 Å². The zero-order valence-electron chi connectivity index (χ0n) is 9.69. The Morgan fingerprint density at radius 3 is 3.00 bits per heavy atom. The molecule has 1 saturated heterocycles. The highest BCUT2D eigenvalue weighted by Crippen LogP contribution is 2.20. The average molecular weight is 235 g/mol. The molecule has 0 aliphatic carbocycles. The Morgan fingerprint density at radius 2 is 2.29 bits per heavy atom. The van der Waals surface area contributed by atoms with Crippen molar-refractivity contribution in [3.8, 4) is 5.75 Å². The Hall–Kier alpha value is -1.55. The normalized spacial score (nSPS) is 19.9. The third-order valence-electron chi connectivity index (χ3n) is 2.99. The molecule has 1 atom stereocenters. The Bertz CT molecular complexity index is 386. The first-order valence-corrected chi connectivity index (χ1v) is 5.93. The molecule has 0 bridgehead atoms.